The normalized spacial score (nSPS) is 18.4. The number of hydrogen-bond donors (Lipinski definition) is 2. The highest BCUT2D eigenvalue weighted by Gasteiger charge is 2.30. The number of likely N-dealkylation sites (tertiary alicyclic amines) is 1. The molecule has 1 aliphatic carbocycles. The molecule has 0 aromatic heterocycles. The lowest BCUT2D eigenvalue weighted by Crippen LogP contribution is -2.46. The zero-order chi connectivity index (χ0) is 16.2. The first-order chi connectivity index (χ1) is 11.2. The molecule has 6 nitrogen and oxygen atoms in total. The van der Waals surface area contributed by atoms with E-state index in [2.05, 4.69) is 10.6 Å². The molecule has 0 bridgehead atoms. The Morgan fingerprint density at radius 3 is 2.48 bits per heavy atom. The first-order valence-electron chi connectivity index (χ1n) is 8.16. The van der Waals surface area contributed by atoms with Gasteiger partial charge in [-0.2, -0.15) is 0 Å². The molecule has 2 N–H and O–H groups in total. The molecule has 3 rings (SSSR count). The summed E-state index contributed by atoms with van der Waals surface area (Å²) in [6.45, 7) is 1.26. The Bertz CT molecular complexity index is 578. The van der Waals surface area contributed by atoms with Gasteiger partial charge in [-0.25, -0.2) is 4.79 Å². The topological polar surface area (TPSA) is 70.7 Å². The summed E-state index contributed by atoms with van der Waals surface area (Å²) in [6.07, 6.45) is 3.56. The third-order valence-corrected chi connectivity index (χ3v) is 4.42. The quantitative estimate of drug-likeness (QED) is 0.894. The Balaban J connectivity index is 1.50. The Kier molecular flexibility index (Phi) is 4.69. The van der Waals surface area contributed by atoms with Crippen LogP contribution in [-0.2, 0) is 4.79 Å². The van der Waals surface area contributed by atoms with Gasteiger partial charge in [0.1, 0.15) is 5.75 Å². The van der Waals surface area contributed by atoms with Gasteiger partial charge in [0.15, 0.2) is 0 Å². The lowest BCUT2D eigenvalue weighted by atomic mass is 9.96. The van der Waals surface area contributed by atoms with Gasteiger partial charge in [0, 0.05) is 25.0 Å². The molecule has 1 aromatic rings. The van der Waals surface area contributed by atoms with E-state index in [9.17, 15) is 9.59 Å². The fraction of sp³-hybridized carbons (Fsp3) is 0.529. The fourth-order valence-corrected chi connectivity index (χ4v) is 2.82. The lowest BCUT2D eigenvalue weighted by Gasteiger charge is -2.31. The zero-order valence-electron chi connectivity index (χ0n) is 13.4. The third-order valence-electron chi connectivity index (χ3n) is 4.42. The molecule has 1 saturated carbocycles. The number of nitrogens with one attached hydrogen (secondary N) is 2. The Morgan fingerprint density at radius 1 is 1.13 bits per heavy atom. The number of methoxy groups -OCH3 is 1. The molecule has 1 aromatic carbocycles. The minimum atomic E-state index is -0.0649. The van der Waals surface area contributed by atoms with Gasteiger partial charge in [0.2, 0.25) is 5.91 Å². The number of benzene rings is 1. The predicted octanol–water partition coefficient (Wildman–Crippen LogP) is 2.22. The predicted molar refractivity (Wildman–Crippen MR) is 87.5 cm³/mol. The van der Waals surface area contributed by atoms with Crippen LogP contribution in [0.4, 0.5) is 10.5 Å². The number of carbonyl (C=O) groups excluding carboxylic acids is 2. The van der Waals surface area contributed by atoms with Crippen LogP contribution in [-0.4, -0.2) is 43.1 Å². The molecule has 0 unspecified atom stereocenters. The van der Waals surface area contributed by atoms with E-state index in [1.807, 2.05) is 29.2 Å². The van der Waals surface area contributed by atoms with E-state index in [-0.39, 0.29) is 17.9 Å². The summed E-state index contributed by atoms with van der Waals surface area (Å²) in [5.74, 6) is 0.587. The molecule has 6 heteroatoms. The van der Waals surface area contributed by atoms with Crippen LogP contribution in [0.15, 0.2) is 24.3 Å². The molecular formula is C17H23N3O3. The van der Waals surface area contributed by atoms with Crippen LogP contribution in [0.25, 0.3) is 0 Å². The van der Waals surface area contributed by atoms with Crippen LogP contribution in [0.2, 0.25) is 0 Å². The van der Waals surface area contributed by atoms with E-state index in [1.165, 1.54) is 0 Å². The highest BCUT2D eigenvalue weighted by Crippen LogP contribution is 2.26. The Hall–Kier alpha value is -2.24. The van der Waals surface area contributed by atoms with Crippen LogP contribution in [0.3, 0.4) is 0 Å². The summed E-state index contributed by atoms with van der Waals surface area (Å²) in [7, 11) is 1.59. The number of piperidine rings is 1. The summed E-state index contributed by atoms with van der Waals surface area (Å²) >= 11 is 0. The monoisotopic (exact) mass is 317 g/mol. The van der Waals surface area contributed by atoms with Crippen LogP contribution >= 0.6 is 0 Å². The maximum atomic E-state index is 12.4. The summed E-state index contributed by atoms with van der Waals surface area (Å²) in [6, 6.07) is 7.76. The standard InChI is InChI=1S/C17H23N3O3/c1-23-15-5-3-2-4-14(15)19-16(21)12-8-10-20(11-9-12)17(22)18-13-6-7-13/h2-5,12-13H,6-11H2,1H3,(H,18,22)(H,19,21). The average molecular weight is 317 g/mol. The smallest absolute Gasteiger partial charge is 0.317 e. The molecule has 23 heavy (non-hydrogen) atoms. The van der Waals surface area contributed by atoms with Gasteiger partial charge < -0.3 is 20.3 Å². The average Bonchev–Trinajstić information content (AvgIpc) is 3.39. The van der Waals surface area contributed by atoms with Crippen molar-refractivity contribution in [3.8, 4) is 5.75 Å². The highest BCUT2D eigenvalue weighted by atomic mass is 16.5. The van der Waals surface area contributed by atoms with Crippen molar-refractivity contribution in [3.63, 3.8) is 0 Å². The van der Waals surface area contributed by atoms with Crippen molar-refractivity contribution >= 4 is 17.6 Å². The highest BCUT2D eigenvalue weighted by molar-refractivity contribution is 5.94. The molecular weight excluding hydrogens is 294 g/mol. The fourth-order valence-electron chi connectivity index (χ4n) is 2.82. The minimum absolute atomic E-state index is 0.00301. The van der Waals surface area contributed by atoms with Crippen LogP contribution < -0.4 is 15.4 Å². The van der Waals surface area contributed by atoms with E-state index >= 15 is 0 Å². The molecule has 124 valence electrons. The van der Waals surface area contributed by atoms with Gasteiger partial charge >= 0.3 is 6.03 Å². The minimum Gasteiger partial charge on any atom is -0.495 e. The van der Waals surface area contributed by atoms with E-state index in [0.717, 1.165) is 12.8 Å². The zero-order valence-corrected chi connectivity index (χ0v) is 13.4. The molecule has 0 radical (unpaired) electrons. The first-order valence-corrected chi connectivity index (χ1v) is 8.16. The molecule has 2 aliphatic rings. The van der Waals surface area contributed by atoms with Gasteiger partial charge in [-0.1, -0.05) is 12.1 Å². The summed E-state index contributed by atoms with van der Waals surface area (Å²) in [5.41, 5.74) is 0.689. The van der Waals surface area contributed by atoms with Crippen molar-refractivity contribution in [1.82, 2.24) is 10.2 Å². The number of urea groups is 1. The van der Waals surface area contributed by atoms with E-state index < -0.39 is 0 Å². The largest absolute Gasteiger partial charge is 0.495 e. The molecule has 1 aliphatic heterocycles. The third kappa shape index (κ3) is 3.94. The maximum absolute atomic E-state index is 12.4. The van der Waals surface area contributed by atoms with Crippen molar-refractivity contribution in [2.24, 2.45) is 5.92 Å². The van der Waals surface area contributed by atoms with Crippen molar-refractivity contribution < 1.29 is 14.3 Å². The van der Waals surface area contributed by atoms with E-state index in [4.69, 9.17) is 4.74 Å². The van der Waals surface area contributed by atoms with Gasteiger partial charge in [0.25, 0.3) is 0 Å². The maximum Gasteiger partial charge on any atom is 0.317 e. The van der Waals surface area contributed by atoms with E-state index in [1.54, 1.807) is 7.11 Å². The molecule has 1 heterocycles. The van der Waals surface area contributed by atoms with Gasteiger partial charge in [-0.05, 0) is 37.8 Å². The number of para-hydroxylation sites is 2. The number of nitrogens with zero attached hydrogens (tertiary/aromatic N) is 1. The number of carbonyl (C=O) groups is 2. The van der Waals surface area contributed by atoms with Gasteiger partial charge in [-0.3, -0.25) is 4.79 Å². The summed E-state index contributed by atoms with van der Waals surface area (Å²) in [5, 5.41) is 5.93. The molecule has 0 atom stereocenters. The summed E-state index contributed by atoms with van der Waals surface area (Å²) < 4.78 is 5.25. The van der Waals surface area contributed by atoms with Crippen molar-refractivity contribution in [2.75, 3.05) is 25.5 Å². The van der Waals surface area contributed by atoms with E-state index in [0.29, 0.717) is 43.4 Å². The second kappa shape index (κ2) is 6.89. The molecule has 3 amide bonds. The van der Waals surface area contributed by atoms with Gasteiger partial charge in [-0.15, -0.1) is 0 Å². The Labute approximate surface area is 136 Å². The van der Waals surface area contributed by atoms with Crippen LogP contribution in [0, 0.1) is 5.92 Å². The number of ether oxygens (including phenoxy) is 1. The first kappa shape index (κ1) is 15.6. The van der Waals surface area contributed by atoms with Gasteiger partial charge in [0.05, 0.1) is 12.8 Å². The molecule has 2 fully saturated rings. The number of amides is 3. The van der Waals surface area contributed by atoms with Crippen LogP contribution in [0.1, 0.15) is 25.7 Å². The van der Waals surface area contributed by atoms with Crippen molar-refractivity contribution in [1.29, 1.82) is 0 Å². The number of rotatable bonds is 4. The molecule has 1 saturated heterocycles. The lowest BCUT2D eigenvalue weighted by molar-refractivity contribution is -0.121. The molecule has 0 spiro atoms. The second-order valence-corrected chi connectivity index (χ2v) is 6.17. The number of hydrogen-bond acceptors (Lipinski definition) is 3. The van der Waals surface area contributed by atoms with Crippen molar-refractivity contribution in [3.05, 3.63) is 24.3 Å². The van der Waals surface area contributed by atoms with Crippen LogP contribution in [0.5, 0.6) is 5.75 Å². The SMILES string of the molecule is COc1ccccc1NC(=O)C1CCN(C(=O)NC2CC2)CC1. The number of anilines is 1. The van der Waals surface area contributed by atoms with Crippen molar-refractivity contribution in [2.45, 2.75) is 31.7 Å². The summed E-state index contributed by atoms with van der Waals surface area (Å²) in [4.78, 5) is 26.2. The second-order valence-electron chi connectivity index (χ2n) is 6.17. The Morgan fingerprint density at radius 2 is 1.83 bits per heavy atom.